The zero-order chi connectivity index (χ0) is 23.4. The molecule has 2 aromatic heterocycles. The number of benzene rings is 2. The number of aromatic nitrogens is 3. The molecule has 0 aliphatic rings. The molecule has 33 heavy (non-hydrogen) atoms. The fraction of sp³-hybridized carbons (Fsp3) is 0.167. The summed E-state index contributed by atoms with van der Waals surface area (Å²) in [5.41, 5.74) is 3.63. The van der Waals surface area contributed by atoms with E-state index in [0.717, 1.165) is 16.5 Å². The number of nitrogens with one attached hydrogen (secondary N) is 3. The molecule has 4 rings (SSSR count). The molecule has 2 heterocycles. The van der Waals surface area contributed by atoms with Gasteiger partial charge < -0.3 is 15.5 Å². The van der Waals surface area contributed by atoms with Gasteiger partial charge in [-0.2, -0.15) is 5.10 Å². The van der Waals surface area contributed by atoms with Gasteiger partial charge in [0.25, 0.3) is 5.91 Å². The number of hydrogen-bond acceptors (Lipinski definition) is 5. The molecular weight excluding hydrogens is 418 g/mol. The normalized spacial score (nSPS) is 10.6. The number of hydrogen-bond donors (Lipinski definition) is 3. The number of anilines is 3. The van der Waals surface area contributed by atoms with Gasteiger partial charge in [-0.1, -0.05) is 12.1 Å². The molecular formula is C24H25N7O2. The summed E-state index contributed by atoms with van der Waals surface area (Å²) in [5, 5.41) is 14.4. The van der Waals surface area contributed by atoms with Gasteiger partial charge in [0.15, 0.2) is 0 Å². The summed E-state index contributed by atoms with van der Waals surface area (Å²) in [6.07, 6.45) is 3.56. The number of nitrogens with zero attached hydrogens (tertiary/aromatic N) is 4. The molecule has 3 amide bonds. The van der Waals surface area contributed by atoms with Crippen molar-refractivity contribution in [3.63, 3.8) is 0 Å². The van der Waals surface area contributed by atoms with Crippen LogP contribution >= 0.6 is 0 Å². The van der Waals surface area contributed by atoms with Crippen molar-refractivity contribution in [2.75, 3.05) is 30.0 Å². The number of rotatable bonds is 6. The van der Waals surface area contributed by atoms with E-state index in [1.54, 1.807) is 37.1 Å². The highest BCUT2D eigenvalue weighted by molar-refractivity contribution is 6.08. The van der Waals surface area contributed by atoms with E-state index in [0.29, 0.717) is 29.3 Å². The zero-order valence-corrected chi connectivity index (χ0v) is 18.7. The first-order valence-electron chi connectivity index (χ1n) is 10.4. The summed E-state index contributed by atoms with van der Waals surface area (Å²) in [7, 11) is 5.19. The van der Waals surface area contributed by atoms with Crippen LogP contribution in [0.2, 0.25) is 0 Å². The van der Waals surface area contributed by atoms with E-state index >= 15 is 0 Å². The molecule has 0 saturated heterocycles. The minimum absolute atomic E-state index is 0.220. The Bertz CT molecular complexity index is 1310. The lowest BCUT2D eigenvalue weighted by atomic mass is 10.1. The SMILES string of the molecule is CN(C)C(=O)Nc1cc(CNc2ccccc2C(=O)Nc2ccc3cn(C)nc3c2)ccn1. The van der Waals surface area contributed by atoms with Crippen molar-refractivity contribution in [2.24, 2.45) is 7.05 Å². The number of amides is 3. The maximum absolute atomic E-state index is 13.0. The number of fused-ring (bicyclic) bond motifs is 1. The van der Waals surface area contributed by atoms with Crippen molar-refractivity contribution in [2.45, 2.75) is 6.54 Å². The third-order valence-corrected chi connectivity index (χ3v) is 5.00. The van der Waals surface area contributed by atoms with Gasteiger partial charge in [-0.25, -0.2) is 9.78 Å². The van der Waals surface area contributed by atoms with Crippen LogP contribution in [0.25, 0.3) is 10.9 Å². The van der Waals surface area contributed by atoms with E-state index in [4.69, 9.17) is 0 Å². The molecule has 0 aliphatic heterocycles. The lowest BCUT2D eigenvalue weighted by molar-refractivity contribution is 0.102. The number of carbonyl (C=O) groups excluding carboxylic acids is 2. The van der Waals surface area contributed by atoms with Crippen molar-refractivity contribution in [1.82, 2.24) is 19.7 Å². The Balaban J connectivity index is 1.46. The van der Waals surface area contributed by atoms with E-state index in [9.17, 15) is 9.59 Å². The predicted octanol–water partition coefficient (Wildman–Crippen LogP) is 3.93. The minimum atomic E-state index is -0.251. The van der Waals surface area contributed by atoms with Gasteiger partial charge in [0.2, 0.25) is 0 Å². The van der Waals surface area contributed by atoms with E-state index in [1.165, 1.54) is 4.90 Å². The van der Waals surface area contributed by atoms with Crippen LogP contribution in [0.5, 0.6) is 0 Å². The highest BCUT2D eigenvalue weighted by Crippen LogP contribution is 2.21. The van der Waals surface area contributed by atoms with E-state index in [-0.39, 0.29) is 11.9 Å². The van der Waals surface area contributed by atoms with Crippen molar-refractivity contribution >= 4 is 40.0 Å². The average Bonchev–Trinajstić information content (AvgIpc) is 3.17. The molecule has 2 aromatic carbocycles. The summed E-state index contributed by atoms with van der Waals surface area (Å²) in [6.45, 7) is 0.456. The molecule has 9 heteroatoms. The van der Waals surface area contributed by atoms with E-state index < -0.39 is 0 Å². The number of aryl methyl sites for hydroxylation is 1. The molecule has 9 nitrogen and oxygen atoms in total. The Morgan fingerprint density at radius 1 is 1.03 bits per heavy atom. The second-order valence-electron chi connectivity index (χ2n) is 7.80. The van der Waals surface area contributed by atoms with Gasteiger partial charge in [-0.15, -0.1) is 0 Å². The second kappa shape index (κ2) is 9.39. The smallest absolute Gasteiger partial charge is 0.322 e. The van der Waals surface area contributed by atoms with Crippen molar-refractivity contribution in [3.05, 3.63) is 78.1 Å². The highest BCUT2D eigenvalue weighted by atomic mass is 16.2. The molecule has 0 saturated carbocycles. The van der Waals surface area contributed by atoms with E-state index in [1.807, 2.05) is 55.7 Å². The topological polar surface area (TPSA) is 104 Å². The van der Waals surface area contributed by atoms with Crippen LogP contribution in [0, 0.1) is 0 Å². The van der Waals surface area contributed by atoms with Gasteiger partial charge in [-0.05, 0) is 48.0 Å². The van der Waals surface area contributed by atoms with Crippen LogP contribution in [-0.2, 0) is 13.6 Å². The first kappa shape index (κ1) is 21.8. The van der Waals surface area contributed by atoms with Crippen LogP contribution in [0.1, 0.15) is 15.9 Å². The molecule has 0 aliphatic carbocycles. The molecule has 0 fully saturated rings. The third kappa shape index (κ3) is 5.27. The van der Waals surface area contributed by atoms with Gasteiger partial charge >= 0.3 is 6.03 Å². The molecule has 3 N–H and O–H groups in total. The fourth-order valence-electron chi connectivity index (χ4n) is 3.32. The first-order chi connectivity index (χ1) is 15.9. The quantitative estimate of drug-likeness (QED) is 0.419. The number of para-hydroxylation sites is 1. The first-order valence-corrected chi connectivity index (χ1v) is 10.4. The number of pyridine rings is 1. The van der Waals surface area contributed by atoms with Crippen LogP contribution in [0.4, 0.5) is 22.0 Å². The number of urea groups is 1. The molecule has 4 aromatic rings. The second-order valence-corrected chi connectivity index (χ2v) is 7.80. The summed E-state index contributed by atoms with van der Waals surface area (Å²) < 4.78 is 1.74. The molecule has 0 bridgehead atoms. The molecule has 0 spiro atoms. The van der Waals surface area contributed by atoms with Crippen LogP contribution in [-0.4, -0.2) is 45.7 Å². The van der Waals surface area contributed by atoms with Crippen molar-refractivity contribution in [1.29, 1.82) is 0 Å². The van der Waals surface area contributed by atoms with Crippen molar-refractivity contribution < 1.29 is 9.59 Å². The lowest BCUT2D eigenvalue weighted by Gasteiger charge is -2.14. The predicted molar refractivity (Wildman–Crippen MR) is 129 cm³/mol. The van der Waals surface area contributed by atoms with Crippen LogP contribution < -0.4 is 16.0 Å². The minimum Gasteiger partial charge on any atom is -0.380 e. The van der Waals surface area contributed by atoms with Gasteiger partial charge in [0, 0.05) is 56.8 Å². The largest absolute Gasteiger partial charge is 0.380 e. The standard InChI is InChI=1S/C24H25N7O2/c1-30(2)24(33)28-22-12-16(10-11-25-22)14-26-20-7-5-4-6-19(20)23(32)27-18-9-8-17-15-31(3)29-21(17)13-18/h4-13,15,26H,14H2,1-3H3,(H,27,32)(H,25,28,33). The Hall–Kier alpha value is -4.40. The maximum Gasteiger partial charge on any atom is 0.322 e. The summed E-state index contributed by atoms with van der Waals surface area (Å²) in [6, 6.07) is 16.3. The Morgan fingerprint density at radius 3 is 2.67 bits per heavy atom. The lowest BCUT2D eigenvalue weighted by Crippen LogP contribution is -2.27. The van der Waals surface area contributed by atoms with Crippen molar-refractivity contribution in [3.8, 4) is 0 Å². The Kier molecular flexibility index (Phi) is 6.21. The summed E-state index contributed by atoms with van der Waals surface area (Å²) in [4.78, 5) is 30.5. The molecule has 0 atom stereocenters. The highest BCUT2D eigenvalue weighted by Gasteiger charge is 2.12. The molecule has 0 unspecified atom stereocenters. The molecule has 168 valence electrons. The van der Waals surface area contributed by atoms with Gasteiger partial charge in [0.1, 0.15) is 5.82 Å². The number of carbonyl (C=O) groups is 2. The Morgan fingerprint density at radius 2 is 1.85 bits per heavy atom. The van der Waals surface area contributed by atoms with Crippen LogP contribution in [0.3, 0.4) is 0 Å². The Labute approximate surface area is 191 Å². The molecule has 0 radical (unpaired) electrons. The third-order valence-electron chi connectivity index (χ3n) is 5.00. The van der Waals surface area contributed by atoms with Gasteiger partial charge in [0.05, 0.1) is 11.1 Å². The maximum atomic E-state index is 13.0. The van der Waals surface area contributed by atoms with E-state index in [2.05, 4.69) is 26.0 Å². The summed E-state index contributed by atoms with van der Waals surface area (Å²) in [5.74, 6) is 0.242. The van der Waals surface area contributed by atoms with Gasteiger partial charge in [-0.3, -0.25) is 14.8 Å². The van der Waals surface area contributed by atoms with Crippen LogP contribution in [0.15, 0.2) is 67.0 Å². The average molecular weight is 444 g/mol. The monoisotopic (exact) mass is 443 g/mol. The summed E-state index contributed by atoms with van der Waals surface area (Å²) >= 11 is 0. The zero-order valence-electron chi connectivity index (χ0n) is 18.7. The fourth-order valence-corrected chi connectivity index (χ4v) is 3.32.